The smallest absolute Gasteiger partial charge is 0.213 e. The zero-order valence-corrected chi connectivity index (χ0v) is 18.4. The Labute approximate surface area is 191 Å². The molecule has 0 radical (unpaired) electrons. The van der Waals surface area contributed by atoms with E-state index >= 15 is 0 Å². The van der Waals surface area contributed by atoms with E-state index in [1.807, 2.05) is 12.1 Å². The number of hydrogen-bond acceptors (Lipinski definition) is 5. The summed E-state index contributed by atoms with van der Waals surface area (Å²) in [6.07, 6.45) is 3.37. The molecule has 0 saturated carbocycles. The van der Waals surface area contributed by atoms with E-state index < -0.39 is 5.95 Å². The summed E-state index contributed by atoms with van der Waals surface area (Å²) < 4.78 is 32.9. The molecule has 0 aliphatic carbocycles. The lowest BCUT2D eigenvalue weighted by Gasteiger charge is -2.39. The van der Waals surface area contributed by atoms with Gasteiger partial charge in [0.1, 0.15) is 18.6 Å². The molecule has 0 amide bonds. The van der Waals surface area contributed by atoms with Crippen molar-refractivity contribution in [3.05, 3.63) is 100 Å². The van der Waals surface area contributed by atoms with Crippen molar-refractivity contribution in [1.29, 1.82) is 0 Å². The maximum atomic E-state index is 13.5. The largest absolute Gasteiger partial charge is 0.399 e. The highest BCUT2D eigenvalue weighted by atomic mass is 19.1. The fourth-order valence-electron chi connectivity index (χ4n) is 4.77. The van der Waals surface area contributed by atoms with Crippen molar-refractivity contribution in [2.45, 2.75) is 31.6 Å². The standard InChI is InChI=1S/C26H25F2N3O2/c1-32-30-25(20-6-8-22(27)9-7-20)19-4-2-18(3-5-19)16-31-12-10-26(11-13-31)23-15-29-24(28)14-21(23)17-33-26/h2-9,14-15H,10-13,16-17H2,1H3/b30-25-. The number of fused-ring (bicyclic) bond motifs is 2. The monoisotopic (exact) mass is 449 g/mol. The molecule has 1 fully saturated rings. The topological polar surface area (TPSA) is 47.0 Å². The Hall–Kier alpha value is -3.16. The highest BCUT2D eigenvalue weighted by molar-refractivity contribution is 6.12. The first-order valence-corrected chi connectivity index (χ1v) is 11.0. The third-order valence-corrected chi connectivity index (χ3v) is 6.55. The minimum Gasteiger partial charge on any atom is -0.399 e. The van der Waals surface area contributed by atoms with Gasteiger partial charge in [-0.3, -0.25) is 4.90 Å². The Balaban J connectivity index is 1.24. The number of ether oxygens (including phenoxy) is 1. The van der Waals surface area contributed by atoms with Crippen LogP contribution in [0.3, 0.4) is 0 Å². The van der Waals surface area contributed by atoms with E-state index in [4.69, 9.17) is 9.57 Å². The molecular formula is C26H25F2N3O2. The van der Waals surface area contributed by atoms with Crippen LogP contribution < -0.4 is 0 Å². The molecule has 0 N–H and O–H groups in total. The van der Waals surface area contributed by atoms with E-state index in [1.54, 1.807) is 18.3 Å². The maximum absolute atomic E-state index is 13.5. The van der Waals surface area contributed by atoms with Crippen LogP contribution in [0, 0.1) is 11.8 Å². The molecule has 5 nitrogen and oxygen atoms in total. The second-order valence-electron chi connectivity index (χ2n) is 8.55. The van der Waals surface area contributed by atoms with Gasteiger partial charge in [-0.2, -0.15) is 4.39 Å². The van der Waals surface area contributed by atoms with Gasteiger partial charge in [0.05, 0.1) is 12.2 Å². The number of nitrogens with zero attached hydrogens (tertiary/aromatic N) is 3. The predicted molar refractivity (Wildman–Crippen MR) is 121 cm³/mol. The third-order valence-electron chi connectivity index (χ3n) is 6.55. The average Bonchev–Trinajstić information content (AvgIpc) is 3.17. The summed E-state index contributed by atoms with van der Waals surface area (Å²) in [5.74, 6) is -0.738. The molecule has 2 aliphatic rings. The Morgan fingerprint density at radius 3 is 2.39 bits per heavy atom. The van der Waals surface area contributed by atoms with Crippen LogP contribution in [0.2, 0.25) is 0 Å². The lowest BCUT2D eigenvalue weighted by molar-refractivity contribution is -0.0800. The molecule has 7 heteroatoms. The molecule has 3 aromatic rings. The lowest BCUT2D eigenvalue weighted by Crippen LogP contribution is -2.42. The van der Waals surface area contributed by atoms with E-state index in [-0.39, 0.29) is 11.4 Å². The van der Waals surface area contributed by atoms with E-state index in [2.05, 4.69) is 27.2 Å². The van der Waals surface area contributed by atoms with Crippen molar-refractivity contribution >= 4 is 5.71 Å². The number of piperidine rings is 1. The van der Waals surface area contributed by atoms with E-state index in [0.717, 1.165) is 54.7 Å². The highest BCUT2D eigenvalue weighted by Gasteiger charge is 2.43. The second-order valence-corrected chi connectivity index (χ2v) is 8.55. The number of oxime groups is 1. The number of pyridine rings is 1. The number of benzene rings is 2. The minimum atomic E-state index is -0.451. The fraction of sp³-hybridized carbons (Fsp3) is 0.308. The van der Waals surface area contributed by atoms with Gasteiger partial charge in [-0.15, -0.1) is 0 Å². The van der Waals surface area contributed by atoms with Crippen molar-refractivity contribution in [3.63, 3.8) is 0 Å². The number of halogens is 2. The molecule has 2 aromatic carbocycles. The fourth-order valence-corrected chi connectivity index (χ4v) is 4.77. The van der Waals surface area contributed by atoms with Crippen LogP contribution in [0.25, 0.3) is 0 Å². The van der Waals surface area contributed by atoms with E-state index in [0.29, 0.717) is 12.3 Å². The quantitative estimate of drug-likeness (QED) is 0.320. The molecule has 1 saturated heterocycles. The van der Waals surface area contributed by atoms with Crippen LogP contribution in [-0.4, -0.2) is 35.8 Å². The van der Waals surface area contributed by atoms with Gasteiger partial charge < -0.3 is 9.57 Å². The number of aromatic nitrogens is 1. The van der Waals surface area contributed by atoms with Crippen molar-refractivity contribution in [1.82, 2.24) is 9.88 Å². The second kappa shape index (κ2) is 9.00. The molecule has 0 atom stereocenters. The van der Waals surface area contributed by atoms with Crippen LogP contribution in [0.1, 0.15) is 40.7 Å². The highest BCUT2D eigenvalue weighted by Crippen LogP contribution is 2.44. The van der Waals surface area contributed by atoms with E-state index in [1.165, 1.54) is 30.9 Å². The zero-order chi connectivity index (χ0) is 22.8. The summed E-state index contributed by atoms with van der Waals surface area (Å²) in [4.78, 5) is 11.3. The molecule has 1 aromatic heterocycles. The molecule has 1 spiro atoms. The van der Waals surface area contributed by atoms with Crippen LogP contribution in [0.5, 0.6) is 0 Å². The van der Waals surface area contributed by atoms with Gasteiger partial charge in [0.2, 0.25) is 5.95 Å². The van der Waals surface area contributed by atoms with Gasteiger partial charge in [-0.05, 0) is 54.3 Å². The molecule has 2 aliphatic heterocycles. The van der Waals surface area contributed by atoms with Crippen molar-refractivity contribution in [3.8, 4) is 0 Å². The lowest BCUT2D eigenvalue weighted by atomic mass is 9.84. The molecule has 170 valence electrons. The molecule has 33 heavy (non-hydrogen) atoms. The Morgan fingerprint density at radius 1 is 1.06 bits per heavy atom. The van der Waals surface area contributed by atoms with Crippen LogP contribution in [-0.2, 0) is 28.3 Å². The normalized spacial score (nSPS) is 17.8. The summed E-state index contributed by atoms with van der Waals surface area (Å²) in [7, 11) is 1.50. The van der Waals surface area contributed by atoms with Crippen LogP contribution >= 0.6 is 0 Å². The summed E-state index contributed by atoms with van der Waals surface area (Å²) in [6, 6.07) is 15.9. The summed E-state index contributed by atoms with van der Waals surface area (Å²) in [6.45, 7) is 3.07. The zero-order valence-electron chi connectivity index (χ0n) is 18.4. The van der Waals surface area contributed by atoms with Crippen LogP contribution in [0.15, 0.2) is 65.9 Å². The van der Waals surface area contributed by atoms with Gasteiger partial charge >= 0.3 is 0 Å². The van der Waals surface area contributed by atoms with Crippen molar-refractivity contribution in [2.24, 2.45) is 5.16 Å². The molecule has 3 heterocycles. The molecule has 5 rings (SSSR count). The first-order chi connectivity index (χ1) is 16.1. The summed E-state index contributed by atoms with van der Waals surface area (Å²) in [5, 5.41) is 4.15. The number of likely N-dealkylation sites (tertiary alicyclic amines) is 1. The SMILES string of the molecule is CO/N=C(\c1ccc(F)cc1)c1ccc(CN2CCC3(CC2)OCc2cc(F)ncc23)cc1. The predicted octanol–water partition coefficient (Wildman–Crippen LogP) is 4.78. The molecule has 0 unspecified atom stereocenters. The van der Waals surface area contributed by atoms with Crippen LogP contribution in [0.4, 0.5) is 8.78 Å². The molecule has 0 bridgehead atoms. The number of hydrogen-bond donors (Lipinski definition) is 0. The summed E-state index contributed by atoms with van der Waals surface area (Å²) in [5.41, 5.74) is 5.17. The first kappa shape index (κ1) is 21.7. The number of rotatable bonds is 5. The van der Waals surface area contributed by atoms with E-state index in [9.17, 15) is 8.78 Å². The Bertz CT molecular complexity index is 1160. The van der Waals surface area contributed by atoms with Gasteiger partial charge in [-0.1, -0.05) is 29.4 Å². The van der Waals surface area contributed by atoms with Gasteiger partial charge in [-0.25, -0.2) is 9.37 Å². The van der Waals surface area contributed by atoms with Gasteiger partial charge in [0.25, 0.3) is 0 Å². The van der Waals surface area contributed by atoms with Crippen molar-refractivity contribution in [2.75, 3.05) is 20.2 Å². The van der Waals surface area contributed by atoms with Crippen molar-refractivity contribution < 1.29 is 18.4 Å². The first-order valence-electron chi connectivity index (χ1n) is 11.0. The van der Waals surface area contributed by atoms with Gasteiger partial charge in [0.15, 0.2) is 0 Å². The minimum absolute atomic E-state index is 0.288. The third kappa shape index (κ3) is 4.38. The Morgan fingerprint density at radius 2 is 1.73 bits per heavy atom. The Kier molecular flexibility index (Phi) is 5.91. The molecular weight excluding hydrogens is 424 g/mol. The summed E-state index contributed by atoms with van der Waals surface area (Å²) >= 11 is 0. The maximum Gasteiger partial charge on any atom is 0.213 e. The average molecular weight is 450 g/mol. The van der Waals surface area contributed by atoms with Gasteiger partial charge in [0, 0.05) is 42.5 Å².